The molecule has 0 radical (unpaired) electrons. The minimum absolute atomic E-state index is 0.286. The standard InChI is InChI=1S/C10H16ClN3OS/c1-12-4-8-6-14(2-3-15-8)7-10-13-5-9(11)16-10/h5,8,12H,2-4,6-7H2,1H3. The third-order valence-corrected chi connectivity index (χ3v) is 3.64. The molecule has 1 atom stereocenters. The molecule has 2 heterocycles. The lowest BCUT2D eigenvalue weighted by atomic mass is 10.2. The number of hydrogen-bond acceptors (Lipinski definition) is 5. The molecule has 6 heteroatoms. The van der Waals surface area contributed by atoms with Gasteiger partial charge in [-0.05, 0) is 7.05 Å². The molecule has 0 bridgehead atoms. The number of nitrogens with one attached hydrogen (secondary N) is 1. The zero-order chi connectivity index (χ0) is 11.4. The second-order valence-electron chi connectivity index (χ2n) is 3.84. The van der Waals surface area contributed by atoms with Gasteiger partial charge in [-0.2, -0.15) is 0 Å². The highest BCUT2D eigenvalue weighted by Crippen LogP contribution is 2.20. The van der Waals surface area contributed by atoms with Crippen LogP contribution >= 0.6 is 22.9 Å². The van der Waals surface area contributed by atoms with Crippen LogP contribution in [0.4, 0.5) is 0 Å². The third-order valence-electron chi connectivity index (χ3n) is 2.54. The second kappa shape index (κ2) is 5.93. The Kier molecular flexibility index (Phi) is 4.55. The van der Waals surface area contributed by atoms with E-state index in [9.17, 15) is 0 Å². The number of morpholine rings is 1. The van der Waals surface area contributed by atoms with Gasteiger partial charge in [0.25, 0.3) is 0 Å². The van der Waals surface area contributed by atoms with Crippen LogP contribution in [0.3, 0.4) is 0 Å². The molecule has 2 rings (SSSR count). The van der Waals surface area contributed by atoms with Crippen LogP contribution in [-0.2, 0) is 11.3 Å². The number of nitrogens with zero attached hydrogens (tertiary/aromatic N) is 2. The number of aromatic nitrogens is 1. The van der Waals surface area contributed by atoms with Crippen molar-refractivity contribution in [3.05, 3.63) is 15.5 Å². The lowest BCUT2D eigenvalue weighted by molar-refractivity contribution is -0.0291. The predicted molar refractivity (Wildman–Crippen MR) is 66.1 cm³/mol. The van der Waals surface area contributed by atoms with Gasteiger partial charge in [-0.1, -0.05) is 11.6 Å². The van der Waals surface area contributed by atoms with Gasteiger partial charge in [-0.25, -0.2) is 4.98 Å². The van der Waals surface area contributed by atoms with Crippen LogP contribution in [0.5, 0.6) is 0 Å². The molecule has 1 N–H and O–H groups in total. The Hall–Kier alpha value is -0.200. The summed E-state index contributed by atoms with van der Waals surface area (Å²) < 4.78 is 6.40. The van der Waals surface area contributed by atoms with E-state index in [0.29, 0.717) is 0 Å². The summed E-state index contributed by atoms with van der Waals surface area (Å²) in [4.78, 5) is 6.63. The Morgan fingerprint density at radius 2 is 2.62 bits per heavy atom. The third kappa shape index (κ3) is 3.40. The van der Waals surface area contributed by atoms with E-state index in [4.69, 9.17) is 16.3 Å². The first kappa shape index (κ1) is 12.3. The van der Waals surface area contributed by atoms with Crippen molar-refractivity contribution in [3.63, 3.8) is 0 Å². The summed E-state index contributed by atoms with van der Waals surface area (Å²) in [5.41, 5.74) is 0. The van der Waals surface area contributed by atoms with Crippen LogP contribution in [-0.4, -0.2) is 49.3 Å². The maximum atomic E-state index is 5.86. The zero-order valence-electron chi connectivity index (χ0n) is 9.28. The molecule has 0 saturated carbocycles. The first-order valence-corrected chi connectivity index (χ1v) is 6.56. The van der Waals surface area contributed by atoms with Crippen molar-refractivity contribution in [2.24, 2.45) is 0 Å². The lowest BCUT2D eigenvalue weighted by Gasteiger charge is -2.32. The first-order valence-electron chi connectivity index (χ1n) is 5.36. The van der Waals surface area contributed by atoms with Crippen LogP contribution in [0.15, 0.2) is 6.20 Å². The van der Waals surface area contributed by atoms with E-state index < -0.39 is 0 Å². The van der Waals surface area contributed by atoms with Crippen molar-refractivity contribution in [1.82, 2.24) is 15.2 Å². The van der Waals surface area contributed by atoms with Crippen molar-refractivity contribution >= 4 is 22.9 Å². The fourth-order valence-corrected chi connectivity index (χ4v) is 2.83. The van der Waals surface area contributed by atoms with Crippen LogP contribution < -0.4 is 5.32 Å². The molecule has 1 aromatic rings. The highest BCUT2D eigenvalue weighted by Gasteiger charge is 2.20. The molecule has 1 aliphatic rings. The summed E-state index contributed by atoms with van der Waals surface area (Å²) in [6.45, 7) is 4.50. The normalized spacial score (nSPS) is 22.5. The average molecular weight is 262 g/mol. The molecule has 16 heavy (non-hydrogen) atoms. The van der Waals surface area contributed by atoms with Gasteiger partial charge in [-0.3, -0.25) is 4.90 Å². The molecule has 0 aliphatic carbocycles. The van der Waals surface area contributed by atoms with Crippen LogP contribution in [0.25, 0.3) is 0 Å². The summed E-state index contributed by atoms with van der Waals surface area (Å²) in [5.74, 6) is 0. The number of thiazole rings is 1. The molecule has 1 aromatic heterocycles. The number of halogens is 1. The SMILES string of the molecule is CNCC1CN(Cc2ncc(Cl)s2)CCO1. The van der Waals surface area contributed by atoms with Gasteiger partial charge < -0.3 is 10.1 Å². The molecular formula is C10H16ClN3OS. The van der Waals surface area contributed by atoms with Gasteiger partial charge in [0.05, 0.1) is 25.5 Å². The van der Waals surface area contributed by atoms with Gasteiger partial charge >= 0.3 is 0 Å². The predicted octanol–water partition coefficient (Wildman–Crippen LogP) is 1.22. The summed E-state index contributed by atoms with van der Waals surface area (Å²) in [6, 6.07) is 0. The van der Waals surface area contributed by atoms with Crippen molar-refractivity contribution in [1.29, 1.82) is 0 Å². The lowest BCUT2D eigenvalue weighted by Crippen LogP contribution is -2.45. The summed E-state index contributed by atoms with van der Waals surface area (Å²) in [7, 11) is 1.95. The Morgan fingerprint density at radius 1 is 1.75 bits per heavy atom. The topological polar surface area (TPSA) is 37.4 Å². The van der Waals surface area contributed by atoms with E-state index in [1.54, 1.807) is 17.5 Å². The van der Waals surface area contributed by atoms with E-state index in [1.807, 2.05) is 7.05 Å². The number of likely N-dealkylation sites (N-methyl/N-ethyl adjacent to an activating group) is 1. The monoisotopic (exact) mass is 261 g/mol. The largest absolute Gasteiger partial charge is 0.374 e. The Balaban J connectivity index is 1.85. The second-order valence-corrected chi connectivity index (χ2v) is 5.59. The van der Waals surface area contributed by atoms with Gasteiger partial charge in [-0.15, -0.1) is 11.3 Å². The average Bonchev–Trinajstić information content (AvgIpc) is 2.65. The zero-order valence-corrected chi connectivity index (χ0v) is 10.9. The number of rotatable bonds is 4. The van der Waals surface area contributed by atoms with Crippen molar-refractivity contribution in [2.75, 3.05) is 33.3 Å². The number of ether oxygens (including phenoxy) is 1. The maximum Gasteiger partial charge on any atom is 0.113 e. The molecule has 1 unspecified atom stereocenters. The summed E-state index contributed by atoms with van der Waals surface area (Å²) in [6.07, 6.45) is 2.00. The van der Waals surface area contributed by atoms with Crippen molar-refractivity contribution in [3.8, 4) is 0 Å². The van der Waals surface area contributed by atoms with Gasteiger partial charge in [0.2, 0.25) is 0 Å². The van der Waals surface area contributed by atoms with Crippen LogP contribution in [0.2, 0.25) is 4.34 Å². The molecular weight excluding hydrogens is 246 g/mol. The van der Waals surface area contributed by atoms with E-state index in [0.717, 1.165) is 42.1 Å². The summed E-state index contributed by atoms with van der Waals surface area (Å²) in [5, 5.41) is 4.22. The highest BCUT2D eigenvalue weighted by molar-refractivity contribution is 7.15. The molecule has 0 amide bonds. The fourth-order valence-electron chi connectivity index (χ4n) is 1.83. The van der Waals surface area contributed by atoms with Gasteiger partial charge in [0.15, 0.2) is 0 Å². The Morgan fingerprint density at radius 3 is 3.31 bits per heavy atom. The number of hydrogen-bond donors (Lipinski definition) is 1. The van der Waals surface area contributed by atoms with E-state index in [2.05, 4.69) is 15.2 Å². The fraction of sp³-hybridized carbons (Fsp3) is 0.700. The minimum Gasteiger partial charge on any atom is -0.374 e. The summed E-state index contributed by atoms with van der Waals surface area (Å²) >= 11 is 7.41. The molecule has 0 spiro atoms. The van der Waals surface area contributed by atoms with Gasteiger partial charge in [0, 0.05) is 19.6 Å². The smallest absolute Gasteiger partial charge is 0.113 e. The van der Waals surface area contributed by atoms with E-state index in [-0.39, 0.29) is 6.10 Å². The maximum absolute atomic E-state index is 5.86. The molecule has 4 nitrogen and oxygen atoms in total. The molecule has 0 aromatic carbocycles. The molecule has 1 fully saturated rings. The van der Waals surface area contributed by atoms with Gasteiger partial charge in [0.1, 0.15) is 9.34 Å². The van der Waals surface area contributed by atoms with Crippen LogP contribution in [0.1, 0.15) is 5.01 Å². The molecule has 1 saturated heterocycles. The molecule has 1 aliphatic heterocycles. The molecule has 90 valence electrons. The van der Waals surface area contributed by atoms with E-state index >= 15 is 0 Å². The Bertz CT molecular complexity index is 332. The van der Waals surface area contributed by atoms with Crippen LogP contribution in [0, 0.1) is 0 Å². The highest BCUT2D eigenvalue weighted by atomic mass is 35.5. The van der Waals surface area contributed by atoms with Crippen molar-refractivity contribution < 1.29 is 4.74 Å². The Labute approximate surface area is 105 Å². The van der Waals surface area contributed by atoms with Crippen molar-refractivity contribution in [2.45, 2.75) is 12.6 Å². The van der Waals surface area contributed by atoms with E-state index in [1.165, 1.54) is 0 Å². The minimum atomic E-state index is 0.286. The quantitative estimate of drug-likeness (QED) is 0.884. The first-order chi connectivity index (χ1) is 7.78.